The van der Waals surface area contributed by atoms with Gasteiger partial charge in [0.1, 0.15) is 0 Å². The van der Waals surface area contributed by atoms with Crippen molar-refractivity contribution in [1.29, 1.82) is 0 Å². The summed E-state index contributed by atoms with van der Waals surface area (Å²) < 4.78 is 23.1. The van der Waals surface area contributed by atoms with Crippen LogP contribution in [0.15, 0.2) is 29.2 Å². The number of hydrogen-bond donors (Lipinski definition) is 2. The lowest BCUT2D eigenvalue weighted by atomic mass is 10.3. The summed E-state index contributed by atoms with van der Waals surface area (Å²) in [5.74, 6) is -0.224. The van der Waals surface area contributed by atoms with Crippen molar-refractivity contribution in [2.24, 2.45) is 0 Å². The predicted octanol–water partition coefficient (Wildman–Crippen LogP) is 0.781. The molecule has 1 saturated carbocycles. The second-order valence-electron chi connectivity index (χ2n) is 4.47. The van der Waals surface area contributed by atoms with E-state index in [1.165, 1.54) is 6.07 Å². The van der Waals surface area contributed by atoms with Gasteiger partial charge in [0.15, 0.2) is 9.84 Å². The summed E-state index contributed by atoms with van der Waals surface area (Å²) in [6, 6.07) is 6.85. The van der Waals surface area contributed by atoms with Crippen molar-refractivity contribution in [3.63, 3.8) is 0 Å². The van der Waals surface area contributed by atoms with Crippen molar-refractivity contribution in [2.75, 3.05) is 18.1 Å². The first kappa shape index (κ1) is 13.0. The Morgan fingerprint density at radius 1 is 1.33 bits per heavy atom. The van der Waals surface area contributed by atoms with Crippen LogP contribution in [0.5, 0.6) is 0 Å². The molecule has 1 aliphatic carbocycles. The highest BCUT2D eigenvalue weighted by atomic mass is 32.2. The van der Waals surface area contributed by atoms with Crippen LogP contribution in [0.3, 0.4) is 0 Å². The molecule has 0 spiro atoms. The maximum absolute atomic E-state index is 11.7. The van der Waals surface area contributed by atoms with E-state index >= 15 is 0 Å². The van der Waals surface area contributed by atoms with Crippen molar-refractivity contribution >= 4 is 21.4 Å². The zero-order chi connectivity index (χ0) is 13.2. The summed E-state index contributed by atoms with van der Waals surface area (Å²) in [5, 5.41) is 5.69. The first-order chi connectivity index (χ1) is 8.47. The molecule has 1 aliphatic rings. The van der Waals surface area contributed by atoms with Crippen LogP contribution in [-0.4, -0.2) is 33.2 Å². The van der Waals surface area contributed by atoms with Gasteiger partial charge < -0.3 is 10.6 Å². The summed E-state index contributed by atoms with van der Waals surface area (Å²) in [5.41, 5.74) is 0.336. The number of para-hydroxylation sites is 1. The summed E-state index contributed by atoms with van der Waals surface area (Å²) in [6.07, 6.45) is 3.33. The Balaban J connectivity index is 2.05. The number of carbonyl (C=O) groups is 1. The van der Waals surface area contributed by atoms with Crippen molar-refractivity contribution in [1.82, 2.24) is 5.32 Å². The van der Waals surface area contributed by atoms with Gasteiger partial charge in [0.25, 0.3) is 0 Å². The smallest absolute Gasteiger partial charge is 0.238 e. The highest BCUT2D eigenvalue weighted by Gasteiger charge is 2.21. The van der Waals surface area contributed by atoms with Crippen molar-refractivity contribution in [3.8, 4) is 0 Å². The highest BCUT2D eigenvalue weighted by molar-refractivity contribution is 7.90. The molecule has 0 unspecified atom stereocenters. The minimum Gasteiger partial charge on any atom is -0.324 e. The summed E-state index contributed by atoms with van der Waals surface area (Å²) in [7, 11) is -3.33. The molecule has 0 bridgehead atoms. The number of anilines is 1. The van der Waals surface area contributed by atoms with Crippen LogP contribution in [-0.2, 0) is 14.6 Å². The van der Waals surface area contributed by atoms with Gasteiger partial charge in [-0.3, -0.25) is 4.79 Å². The highest BCUT2D eigenvalue weighted by Crippen LogP contribution is 2.21. The molecule has 0 aliphatic heterocycles. The minimum absolute atomic E-state index is 0.143. The third-order valence-corrected chi connectivity index (χ3v) is 3.84. The van der Waals surface area contributed by atoms with Crippen LogP contribution in [0, 0.1) is 0 Å². The van der Waals surface area contributed by atoms with Crippen LogP contribution in [0.1, 0.15) is 12.8 Å². The van der Waals surface area contributed by atoms with E-state index in [1.807, 2.05) is 0 Å². The number of rotatable bonds is 5. The number of benzene rings is 1. The predicted molar refractivity (Wildman–Crippen MR) is 69.2 cm³/mol. The molecule has 0 radical (unpaired) electrons. The van der Waals surface area contributed by atoms with E-state index in [1.54, 1.807) is 18.2 Å². The third-order valence-electron chi connectivity index (χ3n) is 2.69. The molecule has 98 valence electrons. The average molecular weight is 268 g/mol. The molecule has 1 aromatic rings. The Kier molecular flexibility index (Phi) is 3.68. The number of nitrogens with one attached hydrogen (secondary N) is 2. The fraction of sp³-hybridized carbons (Fsp3) is 0.417. The lowest BCUT2D eigenvalue weighted by Crippen LogP contribution is -2.29. The average Bonchev–Trinajstić information content (AvgIpc) is 3.09. The summed E-state index contributed by atoms with van der Waals surface area (Å²) in [6.45, 7) is 0.211. The molecule has 0 atom stereocenters. The molecule has 2 rings (SSSR count). The van der Waals surface area contributed by atoms with Crippen molar-refractivity contribution in [3.05, 3.63) is 24.3 Å². The van der Waals surface area contributed by atoms with Crippen LogP contribution in [0.25, 0.3) is 0 Å². The van der Waals surface area contributed by atoms with Crippen LogP contribution < -0.4 is 10.6 Å². The monoisotopic (exact) mass is 268 g/mol. The van der Waals surface area contributed by atoms with Gasteiger partial charge in [0, 0.05) is 12.3 Å². The van der Waals surface area contributed by atoms with Crippen LogP contribution >= 0.6 is 0 Å². The van der Waals surface area contributed by atoms with Gasteiger partial charge in [0.05, 0.1) is 17.1 Å². The fourth-order valence-electron chi connectivity index (χ4n) is 1.61. The van der Waals surface area contributed by atoms with Crippen LogP contribution in [0.4, 0.5) is 5.69 Å². The normalized spacial score (nSPS) is 15.4. The van der Waals surface area contributed by atoms with Crippen molar-refractivity contribution in [2.45, 2.75) is 23.8 Å². The molecule has 0 aromatic heterocycles. The van der Waals surface area contributed by atoms with Gasteiger partial charge in [-0.1, -0.05) is 12.1 Å². The largest absolute Gasteiger partial charge is 0.324 e. The summed E-state index contributed by atoms with van der Waals surface area (Å²) >= 11 is 0. The molecule has 1 fully saturated rings. The Morgan fingerprint density at radius 3 is 2.61 bits per heavy atom. The van der Waals surface area contributed by atoms with Gasteiger partial charge in [0.2, 0.25) is 5.91 Å². The molecule has 1 amide bonds. The maximum Gasteiger partial charge on any atom is 0.238 e. The third kappa shape index (κ3) is 3.54. The first-order valence-corrected chi connectivity index (χ1v) is 7.68. The minimum atomic E-state index is -3.33. The van der Waals surface area contributed by atoms with E-state index < -0.39 is 9.84 Å². The lowest BCUT2D eigenvalue weighted by molar-refractivity contribution is -0.115. The van der Waals surface area contributed by atoms with Gasteiger partial charge in [-0.2, -0.15) is 0 Å². The lowest BCUT2D eigenvalue weighted by Gasteiger charge is -2.09. The number of carbonyl (C=O) groups excluding carboxylic acids is 1. The fourth-order valence-corrected chi connectivity index (χ4v) is 2.46. The van der Waals surface area contributed by atoms with Gasteiger partial charge >= 0.3 is 0 Å². The molecular weight excluding hydrogens is 252 g/mol. The first-order valence-electron chi connectivity index (χ1n) is 5.79. The maximum atomic E-state index is 11.7. The zero-order valence-corrected chi connectivity index (χ0v) is 11.0. The van der Waals surface area contributed by atoms with E-state index in [2.05, 4.69) is 10.6 Å². The Hall–Kier alpha value is -1.40. The Labute approximate surface area is 107 Å². The molecular formula is C12H16N2O3S. The van der Waals surface area contributed by atoms with Crippen LogP contribution in [0.2, 0.25) is 0 Å². The quantitative estimate of drug-likeness (QED) is 0.827. The van der Waals surface area contributed by atoms with E-state index in [0.717, 1.165) is 19.1 Å². The van der Waals surface area contributed by atoms with E-state index in [0.29, 0.717) is 11.7 Å². The van der Waals surface area contributed by atoms with E-state index in [4.69, 9.17) is 0 Å². The summed E-state index contributed by atoms with van der Waals surface area (Å²) in [4.78, 5) is 11.8. The van der Waals surface area contributed by atoms with Crippen molar-refractivity contribution < 1.29 is 13.2 Å². The molecule has 5 nitrogen and oxygen atoms in total. The zero-order valence-electron chi connectivity index (χ0n) is 10.1. The van der Waals surface area contributed by atoms with E-state index in [-0.39, 0.29) is 17.3 Å². The topological polar surface area (TPSA) is 75.3 Å². The SMILES string of the molecule is CS(=O)(=O)c1ccccc1NC(=O)CNC1CC1. The van der Waals surface area contributed by atoms with Gasteiger partial charge in [-0.15, -0.1) is 0 Å². The second kappa shape index (κ2) is 5.07. The molecule has 2 N–H and O–H groups in total. The Bertz CT molecular complexity index is 550. The van der Waals surface area contributed by atoms with E-state index in [9.17, 15) is 13.2 Å². The molecule has 0 heterocycles. The van der Waals surface area contributed by atoms with Gasteiger partial charge in [-0.25, -0.2) is 8.42 Å². The number of amides is 1. The molecule has 18 heavy (non-hydrogen) atoms. The molecule has 1 aromatic carbocycles. The number of sulfone groups is 1. The molecule has 0 saturated heterocycles. The standard InChI is InChI=1S/C12H16N2O3S/c1-18(16,17)11-5-3-2-4-10(11)14-12(15)8-13-9-6-7-9/h2-5,9,13H,6-8H2,1H3,(H,14,15). The second-order valence-corrected chi connectivity index (χ2v) is 6.46. The van der Waals surface area contributed by atoms with Gasteiger partial charge in [-0.05, 0) is 25.0 Å². The molecule has 6 heteroatoms. The Morgan fingerprint density at radius 2 is 2.00 bits per heavy atom. The number of hydrogen-bond acceptors (Lipinski definition) is 4.